The minimum Gasteiger partial charge on any atom is -0.497 e. The number of aromatic nitrogens is 4. The molecule has 0 atom stereocenters. The summed E-state index contributed by atoms with van der Waals surface area (Å²) in [7, 11) is 1.60. The quantitative estimate of drug-likeness (QED) is 0.371. The number of carbonyl (C=O) groups excluding carboxylic acids is 1. The Morgan fingerprint density at radius 1 is 1.14 bits per heavy atom. The maximum Gasteiger partial charge on any atom is 0.268 e. The number of rotatable bonds is 7. The molecule has 0 aliphatic carbocycles. The summed E-state index contributed by atoms with van der Waals surface area (Å²) in [5, 5.41) is 7.33. The number of aryl methyl sites for hydroxylation is 1. The van der Waals surface area contributed by atoms with Crippen LogP contribution in [0, 0.1) is 6.92 Å². The fraction of sp³-hybridized carbons (Fsp3) is 0.160. The average Bonchev–Trinajstić information content (AvgIpc) is 3.50. The molecule has 0 spiro atoms. The van der Waals surface area contributed by atoms with E-state index in [9.17, 15) is 9.59 Å². The normalized spacial score (nSPS) is 11.0. The fourth-order valence-electron chi connectivity index (χ4n) is 3.65. The third-order valence-corrected chi connectivity index (χ3v) is 6.72. The average molecular weight is 488 g/mol. The minimum atomic E-state index is -0.294. The highest BCUT2D eigenvalue weighted by Gasteiger charge is 2.21. The van der Waals surface area contributed by atoms with Crippen molar-refractivity contribution in [3.8, 4) is 27.9 Å². The summed E-state index contributed by atoms with van der Waals surface area (Å²) in [6.45, 7) is 2.02. The Labute approximate surface area is 204 Å². The molecule has 0 saturated carbocycles. The second-order valence-electron chi connectivity index (χ2n) is 7.83. The predicted octanol–water partition coefficient (Wildman–Crippen LogP) is 3.81. The lowest BCUT2D eigenvalue weighted by Crippen LogP contribution is -2.32. The maximum atomic E-state index is 13.2. The molecule has 3 aromatic heterocycles. The van der Waals surface area contributed by atoms with E-state index in [4.69, 9.17) is 9.26 Å². The molecule has 2 aromatic carbocycles. The number of ether oxygens (including phenoxy) is 1. The van der Waals surface area contributed by atoms with Crippen LogP contribution in [0.3, 0.4) is 0 Å². The second-order valence-corrected chi connectivity index (χ2v) is 8.83. The number of hydrogen-bond acceptors (Lipinski definition) is 8. The van der Waals surface area contributed by atoms with Crippen LogP contribution in [0.25, 0.3) is 32.4 Å². The molecule has 0 radical (unpaired) electrons. The van der Waals surface area contributed by atoms with E-state index >= 15 is 0 Å². The smallest absolute Gasteiger partial charge is 0.268 e. The zero-order valence-corrected chi connectivity index (χ0v) is 19.8. The van der Waals surface area contributed by atoms with Crippen molar-refractivity contribution in [3.05, 3.63) is 82.4 Å². The van der Waals surface area contributed by atoms with Gasteiger partial charge in [-0.25, -0.2) is 4.98 Å². The maximum absolute atomic E-state index is 13.2. The topological polar surface area (TPSA) is 112 Å². The Bertz CT molecular complexity index is 1550. The molecule has 0 aliphatic heterocycles. The van der Waals surface area contributed by atoms with Crippen LogP contribution in [-0.4, -0.2) is 32.7 Å². The van der Waals surface area contributed by atoms with Crippen molar-refractivity contribution in [2.45, 2.75) is 20.0 Å². The molecule has 10 heteroatoms. The Kier molecular flexibility index (Phi) is 6.11. The van der Waals surface area contributed by atoms with E-state index in [-0.39, 0.29) is 18.0 Å². The van der Waals surface area contributed by atoms with Crippen molar-refractivity contribution < 1.29 is 14.1 Å². The van der Waals surface area contributed by atoms with E-state index < -0.39 is 0 Å². The van der Waals surface area contributed by atoms with Crippen LogP contribution in [0.4, 0.5) is 0 Å². The van der Waals surface area contributed by atoms with Crippen molar-refractivity contribution in [2.24, 2.45) is 0 Å². The first-order valence-electron chi connectivity index (χ1n) is 10.8. The van der Waals surface area contributed by atoms with Gasteiger partial charge in [-0.15, -0.1) is 11.3 Å². The monoisotopic (exact) mass is 487 g/mol. The summed E-state index contributed by atoms with van der Waals surface area (Å²) < 4.78 is 11.9. The number of nitrogens with one attached hydrogen (secondary N) is 1. The molecule has 0 saturated heterocycles. The van der Waals surface area contributed by atoms with Gasteiger partial charge in [0.1, 0.15) is 17.1 Å². The minimum absolute atomic E-state index is 0.138. The van der Waals surface area contributed by atoms with E-state index in [1.165, 1.54) is 22.2 Å². The molecular formula is C25H21N5O4S. The van der Waals surface area contributed by atoms with Crippen LogP contribution in [0.15, 0.2) is 70.2 Å². The van der Waals surface area contributed by atoms with E-state index in [1.807, 2.05) is 61.5 Å². The molecule has 1 amide bonds. The molecule has 5 aromatic rings. The first kappa shape index (κ1) is 22.5. The number of benzene rings is 2. The molecule has 5 rings (SSSR count). The molecule has 0 bridgehead atoms. The summed E-state index contributed by atoms with van der Waals surface area (Å²) >= 11 is 1.31. The van der Waals surface area contributed by atoms with Gasteiger partial charge in [0.15, 0.2) is 0 Å². The Balaban J connectivity index is 1.35. The Morgan fingerprint density at radius 3 is 2.66 bits per heavy atom. The summed E-state index contributed by atoms with van der Waals surface area (Å²) in [6.07, 6.45) is 1.39. The largest absolute Gasteiger partial charge is 0.497 e. The van der Waals surface area contributed by atoms with E-state index in [1.54, 1.807) is 7.11 Å². The van der Waals surface area contributed by atoms with Gasteiger partial charge in [0.2, 0.25) is 11.7 Å². The standard InChI is InChI=1S/C25H21N5O4S/c1-15-20-24(35-21(15)23-28-22(29-34-23)17-6-4-3-5-7-17)27-14-30(25(20)32)13-19(31)26-12-16-8-10-18(33-2)11-9-16/h3-11,14H,12-13H2,1-2H3,(H,26,31). The van der Waals surface area contributed by atoms with Crippen LogP contribution in [0.2, 0.25) is 0 Å². The number of methoxy groups -OCH3 is 1. The van der Waals surface area contributed by atoms with Gasteiger partial charge < -0.3 is 14.6 Å². The van der Waals surface area contributed by atoms with Crippen LogP contribution >= 0.6 is 11.3 Å². The lowest BCUT2D eigenvalue weighted by molar-refractivity contribution is -0.121. The molecule has 0 fully saturated rings. The highest BCUT2D eigenvalue weighted by Crippen LogP contribution is 2.35. The number of carbonyl (C=O) groups is 1. The van der Waals surface area contributed by atoms with Gasteiger partial charge in [-0.2, -0.15) is 4.98 Å². The molecule has 0 unspecified atom stereocenters. The first-order chi connectivity index (χ1) is 17.0. The second kappa shape index (κ2) is 9.51. The number of thiophene rings is 1. The van der Waals surface area contributed by atoms with Crippen molar-refractivity contribution in [1.82, 2.24) is 25.0 Å². The van der Waals surface area contributed by atoms with Gasteiger partial charge in [-0.05, 0) is 30.2 Å². The van der Waals surface area contributed by atoms with Crippen molar-refractivity contribution in [2.75, 3.05) is 7.11 Å². The molecule has 1 N–H and O–H groups in total. The van der Waals surface area contributed by atoms with Gasteiger partial charge in [0.05, 0.1) is 23.7 Å². The van der Waals surface area contributed by atoms with Gasteiger partial charge in [0, 0.05) is 12.1 Å². The van der Waals surface area contributed by atoms with Crippen LogP contribution < -0.4 is 15.6 Å². The molecule has 176 valence electrons. The number of amides is 1. The van der Waals surface area contributed by atoms with E-state index in [2.05, 4.69) is 20.4 Å². The van der Waals surface area contributed by atoms with Crippen molar-refractivity contribution in [3.63, 3.8) is 0 Å². The molecule has 35 heavy (non-hydrogen) atoms. The molecule has 3 heterocycles. The Morgan fingerprint density at radius 2 is 1.91 bits per heavy atom. The third-order valence-electron chi connectivity index (χ3n) is 5.53. The first-order valence-corrected chi connectivity index (χ1v) is 11.6. The van der Waals surface area contributed by atoms with Gasteiger partial charge >= 0.3 is 0 Å². The predicted molar refractivity (Wildman–Crippen MR) is 132 cm³/mol. The number of hydrogen-bond donors (Lipinski definition) is 1. The zero-order valence-electron chi connectivity index (χ0n) is 19.0. The molecule has 9 nitrogen and oxygen atoms in total. The highest BCUT2D eigenvalue weighted by molar-refractivity contribution is 7.22. The molecular weight excluding hydrogens is 466 g/mol. The fourth-order valence-corrected chi connectivity index (χ4v) is 4.71. The van der Waals surface area contributed by atoms with Gasteiger partial charge in [-0.1, -0.05) is 47.6 Å². The zero-order chi connectivity index (χ0) is 24.4. The Hall–Kier alpha value is -4.31. The summed E-state index contributed by atoms with van der Waals surface area (Å²) in [5.41, 5.74) is 2.16. The highest BCUT2D eigenvalue weighted by atomic mass is 32.1. The van der Waals surface area contributed by atoms with Crippen LogP contribution in [-0.2, 0) is 17.9 Å². The summed E-state index contributed by atoms with van der Waals surface area (Å²) in [6, 6.07) is 16.9. The number of fused-ring (bicyclic) bond motifs is 1. The summed E-state index contributed by atoms with van der Waals surface area (Å²) in [5.74, 6) is 1.25. The van der Waals surface area contributed by atoms with E-state index in [0.29, 0.717) is 38.9 Å². The van der Waals surface area contributed by atoms with Crippen molar-refractivity contribution >= 4 is 27.5 Å². The van der Waals surface area contributed by atoms with Gasteiger partial charge in [-0.3, -0.25) is 14.2 Å². The SMILES string of the molecule is COc1ccc(CNC(=O)Cn2cnc3sc(-c4nc(-c5ccccc5)no4)c(C)c3c2=O)cc1. The van der Waals surface area contributed by atoms with Crippen molar-refractivity contribution in [1.29, 1.82) is 0 Å². The van der Waals surface area contributed by atoms with Crippen LogP contribution in [0.1, 0.15) is 11.1 Å². The van der Waals surface area contributed by atoms with E-state index in [0.717, 1.165) is 16.9 Å². The number of nitrogens with zero attached hydrogens (tertiary/aromatic N) is 4. The lowest BCUT2D eigenvalue weighted by atomic mass is 10.2. The summed E-state index contributed by atoms with van der Waals surface area (Å²) in [4.78, 5) is 35.8. The lowest BCUT2D eigenvalue weighted by Gasteiger charge is -2.08. The van der Waals surface area contributed by atoms with Crippen LogP contribution in [0.5, 0.6) is 5.75 Å². The molecule has 0 aliphatic rings. The van der Waals surface area contributed by atoms with Gasteiger partial charge in [0.25, 0.3) is 11.4 Å². The third kappa shape index (κ3) is 4.56.